The SMILES string of the molecule is O=C(NCc1ccncc1)c1ccc(Nc2ccc(N3CCCC3)cc2)cn1. The van der Waals surface area contributed by atoms with E-state index in [9.17, 15) is 4.79 Å². The molecule has 1 aromatic carbocycles. The number of amides is 1. The van der Waals surface area contributed by atoms with Gasteiger partial charge in [-0.05, 0) is 66.9 Å². The summed E-state index contributed by atoms with van der Waals surface area (Å²) in [5, 5.41) is 6.19. The predicted octanol–water partition coefficient (Wildman–Crippen LogP) is 3.75. The van der Waals surface area contributed by atoms with Crippen LogP contribution in [-0.4, -0.2) is 29.0 Å². The molecule has 1 aliphatic rings. The summed E-state index contributed by atoms with van der Waals surface area (Å²) in [6, 6.07) is 15.8. The van der Waals surface area contributed by atoms with Gasteiger partial charge < -0.3 is 15.5 Å². The highest BCUT2D eigenvalue weighted by Crippen LogP contribution is 2.23. The first-order valence-corrected chi connectivity index (χ1v) is 9.53. The van der Waals surface area contributed by atoms with Crippen LogP contribution < -0.4 is 15.5 Å². The van der Waals surface area contributed by atoms with E-state index in [1.165, 1.54) is 18.5 Å². The maximum atomic E-state index is 12.2. The largest absolute Gasteiger partial charge is 0.372 e. The molecule has 2 N–H and O–H groups in total. The van der Waals surface area contributed by atoms with Gasteiger partial charge in [0.25, 0.3) is 5.91 Å². The Kier molecular flexibility index (Phi) is 5.47. The predicted molar refractivity (Wildman–Crippen MR) is 111 cm³/mol. The van der Waals surface area contributed by atoms with Gasteiger partial charge in [-0.1, -0.05) is 0 Å². The molecule has 1 amide bonds. The Hall–Kier alpha value is -3.41. The lowest BCUT2D eigenvalue weighted by molar-refractivity contribution is 0.0946. The number of anilines is 3. The van der Waals surface area contributed by atoms with Crippen molar-refractivity contribution in [3.63, 3.8) is 0 Å². The number of rotatable bonds is 6. The Labute approximate surface area is 164 Å². The number of benzene rings is 1. The minimum atomic E-state index is -0.196. The lowest BCUT2D eigenvalue weighted by atomic mass is 10.2. The fourth-order valence-corrected chi connectivity index (χ4v) is 3.27. The molecule has 3 aromatic rings. The number of carbonyl (C=O) groups is 1. The van der Waals surface area contributed by atoms with Crippen molar-refractivity contribution >= 4 is 23.0 Å². The van der Waals surface area contributed by atoms with Crippen LogP contribution in [0.25, 0.3) is 0 Å². The van der Waals surface area contributed by atoms with Gasteiger partial charge in [0, 0.05) is 43.4 Å². The quantitative estimate of drug-likeness (QED) is 0.689. The molecule has 28 heavy (non-hydrogen) atoms. The van der Waals surface area contributed by atoms with Crippen molar-refractivity contribution in [1.29, 1.82) is 0 Å². The Morgan fingerprint density at radius 1 is 0.929 bits per heavy atom. The molecule has 1 saturated heterocycles. The van der Waals surface area contributed by atoms with E-state index in [-0.39, 0.29) is 5.91 Å². The van der Waals surface area contributed by atoms with Gasteiger partial charge in [-0.15, -0.1) is 0 Å². The van der Waals surface area contributed by atoms with E-state index in [0.29, 0.717) is 12.2 Å². The maximum Gasteiger partial charge on any atom is 0.270 e. The summed E-state index contributed by atoms with van der Waals surface area (Å²) in [4.78, 5) is 22.9. The van der Waals surface area contributed by atoms with Gasteiger partial charge in [0.05, 0.1) is 11.9 Å². The van der Waals surface area contributed by atoms with Crippen LogP contribution in [0.15, 0.2) is 67.1 Å². The van der Waals surface area contributed by atoms with E-state index in [2.05, 4.69) is 49.8 Å². The molecular formula is C22H23N5O. The van der Waals surface area contributed by atoms with E-state index >= 15 is 0 Å². The second-order valence-corrected chi connectivity index (χ2v) is 6.84. The van der Waals surface area contributed by atoms with Crippen LogP contribution in [-0.2, 0) is 6.54 Å². The summed E-state index contributed by atoms with van der Waals surface area (Å²) in [6.45, 7) is 2.73. The van der Waals surface area contributed by atoms with Crippen molar-refractivity contribution in [3.8, 4) is 0 Å². The fraction of sp³-hybridized carbons (Fsp3) is 0.227. The average Bonchev–Trinajstić information content (AvgIpc) is 3.29. The fourth-order valence-electron chi connectivity index (χ4n) is 3.27. The average molecular weight is 373 g/mol. The second kappa shape index (κ2) is 8.52. The zero-order chi connectivity index (χ0) is 19.2. The second-order valence-electron chi connectivity index (χ2n) is 6.84. The first kappa shape index (κ1) is 18.0. The third kappa shape index (κ3) is 4.46. The van der Waals surface area contributed by atoms with E-state index in [0.717, 1.165) is 30.0 Å². The minimum absolute atomic E-state index is 0.196. The summed E-state index contributed by atoms with van der Waals surface area (Å²) in [5.41, 5.74) is 4.50. The minimum Gasteiger partial charge on any atom is -0.372 e. The van der Waals surface area contributed by atoms with Crippen molar-refractivity contribution in [2.24, 2.45) is 0 Å². The zero-order valence-corrected chi connectivity index (χ0v) is 15.6. The first-order chi connectivity index (χ1) is 13.8. The molecule has 0 radical (unpaired) electrons. The molecule has 4 rings (SSSR count). The van der Waals surface area contributed by atoms with Crippen LogP contribution in [0.4, 0.5) is 17.1 Å². The third-order valence-electron chi connectivity index (χ3n) is 4.83. The highest BCUT2D eigenvalue weighted by molar-refractivity contribution is 5.92. The van der Waals surface area contributed by atoms with E-state index in [1.54, 1.807) is 24.7 Å². The zero-order valence-electron chi connectivity index (χ0n) is 15.6. The highest BCUT2D eigenvalue weighted by Gasteiger charge is 2.12. The Morgan fingerprint density at radius 2 is 1.64 bits per heavy atom. The standard InChI is InChI=1S/C22H23N5O/c28-22(25-15-17-9-11-23-12-10-17)21-8-5-19(16-24-21)26-18-3-6-20(7-4-18)27-13-1-2-14-27/h3-12,16,26H,1-2,13-15H2,(H,25,28). The Morgan fingerprint density at radius 3 is 2.32 bits per heavy atom. The molecule has 6 nitrogen and oxygen atoms in total. The number of hydrogen-bond donors (Lipinski definition) is 2. The molecular weight excluding hydrogens is 350 g/mol. The van der Waals surface area contributed by atoms with Crippen LogP contribution in [0, 0.1) is 0 Å². The Balaban J connectivity index is 1.33. The normalized spacial score (nSPS) is 13.4. The molecule has 142 valence electrons. The summed E-state index contributed by atoms with van der Waals surface area (Å²) < 4.78 is 0. The van der Waals surface area contributed by atoms with Gasteiger partial charge in [0.15, 0.2) is 0 Å². The van der Waals surface area contributed by atoms with Crippen molar-refractivity contribution in [3.05, 3.63) is 78.4 Å². The number of carbonyl (C=O) groups excluding carboxylic acids is 1. The van der Waals surface area contributed by atoms with Crippen molar-refractivity contribution in [2.45, 2.75) is 19.4 Å². The van der Waals surface area contributed by atoms with Crippen LogP contribution in [0.5, 0.6) is 0 Å². The van der Waals surface area contributed by atoms with Gasteiger partial charge in [0.2, 0.25) is 0 Å². The van der Waals surface area contributed by atoms with Crippen molar-refractivity contribution < 1.29 is 4.79 Å². The monoisotopic (exact) mass is 373 g/mol. The molecule has 0 aliphatic carbocycles. The van der Waals surface area contributed by atoms with Crippen molar-refractivity contribution in [1.82, 2.24) is 15.3 Å². The summed E-state index contributed by atoms with van der Waals surface area (Å²) in [6.07, 6.45) is 7.63. The number of hydrogen-bond acceptors (Lipinski definition) is 5. The first-order valence-electron chi connectivity index (χ1n) is 9.53. The van der Waals surface area contributed by atoms with Gasteiger partial charge >= 0.3 is 0 Å². The van der Waals surface area contributed by atoms with E-state index in [4.69, 9.17) is 0 Å². The summed E-state index contributed by atoms with van der Waals surface area (Å²) >= 11 is 0. The van der Waals surface area contributed by atoms with Crippen LogP contribution >= 0.6 is 0 Å². The molecule has 0 unspecified atom stereocenters. The van der Waals surface area contributed by atoms with Gasteiger partial charge in [-0.2, -0.15) is 0 Å². The lowest BCUT2D eigenvalue weighted by Gasteiger charge is -2.18. The Bertz CT molecular complexity index is 904. The molecule has 3 heterocycles. The number of aromatic nitrogens is 2. The smallest absolute Gasteiger partial charge is 0.270 e. The molecule has 0 saturated carbocycles. The van der Waals surface area contributed by atoms with Crippen LogP contribution in [0.3, 0.4) is 0 Å². The van der Waals surface area contributed by atoms with E-state index in [1.807, 2.05) is 18.2 Å². The lowest BCUT2D eigenvalue weighted by Crippen LogP contribution is -2.23. The highest BCUT2D eigenvalue weighted by atomic mass is 16.1. The van der Waals surface area contributed by atoms with Gasteiger partial charge in [-0.3, -0.25) is 9.78 Å². The number of pyridine rings is 2. The van der Waals surface area contributed by atoms with Crippen LogP contribution in [0.1, 0.15) is 28.9 Å². The molecule has 2 aromatic heterocycles. The van der Waals surface area contributed by atoms with Crippen LogP contribution in [0.2, 0.25) is 0 Å². The van der Waals surface area contributed by atoms with Gasteiger partial charge in [0.1, 0.15) is 5.69 Å². The number of nitrogens with one attached hydrogen (secondary N) is 2. The van der Waals surface area contributed by atoms with Crippen molar-refractivity contribution in [2.75, 3.05) is 23.3 Å². The molecule has 0 atom stereocenters. The number of nitrogens with zero attached hydrogens (tertiary/aromatic N) is 3. The molecule has 1 aliphatic heterocycles. The topological polar surface area (TPSA) is 70.2 Å². The molecule has 1 fully saturated rings. The molecule has 6 heteroatoms. The summed E-state index contributed by atoms with van der Waals surface area (Å²) in [7, 11) is 0. The molecule has 0 bridgehead atoms. The third-order valence-corrected chi connectivity index (χ3v) is 4.83. The summed E-state index contributed by atoms with van der Waals surface area (Å²) in [5.74, 6) is -0.196. The maximum absolute atomic E-state index is 12.2. The molecule has 0 spiro atoms. The van der Waals surface area contributed by atoms with Gasteiger partial charge in [-0.25, -0.2) is 4.98 Å². The van der Waals surface area contributed by atoms with E-state index < -0.39 is 0 Å².